The molecule has 0 spiro atoms. The zero-order chi connectivity index (χ0) is 25.7. The Hall–Kier alpha value is -3.14. The van der Waals surface area contributed by atoms with Crippen molar-refractivity contribution in [2.45, 2.75) is 25.6 Å². The molecule has 8 nitrogen and oxygen atoms in total. The molecule has 4 aromatic rings. The minimum Gasteiger partial charge on any atom is -0.456 e. The first-order chi connectivity index (χ1) is 17.3. The lowest BCUT2D eigenvalue weighted by Gasteiger charge is -2.13. The molecule has 0 aliphatic carbocycles. The molecule has 0 aliphatic heterocycles. The number of carbonyl (C=O) groups is 1. The van der Waals surface area contributed by atoms with Gasteiger partial charge in [0.05, 0.1) is 10.5 Å². The molecule has 36 heavy (non-hydrogen) atoms. The number of ether oxygens (including phenoxy) is 1. The molecule has 0 aliphatic rings. The Morgan fingerprint density at radius 2 is 1.97 bits per heavy atom. The van der Waals surface area contributed by atoms with Gasteiger partial charge in [-0.1, -0.05) is 43.1 Å². The summed E-state index contributed by atoms with van der Waals surface area (Å²) in [7, 11) is -1.18. The fourth-order valence-corrected chi connectivity index (χ4v) is 4.52. The van der Waals surface area contributed by atoms with Gasteiger partial charge in [0.2, 0.25) is 5.91 Å². The zero-order valence-electron chi connectivity index (χ0n) is 19.7. The third kappa shape index (κ3) is 6.54. The summed E-state index contributed by atoms with van der Waals surface area (Å²) >= 11 is 12.5. The van der Waals surface area contributed by atoms with Crippen LogP contribution in [0.2, 0.25) is 10.0 Å². The standard InChI is InChI=1S/C25H25Cl2N5O3S/c1-16(2)36(34)14-23(33)28-9-11-32-10-8-21-24(32)25(30-15-29-21)31-18-6-7-22(20(27)13-18)35-19-5-3-4-17(26)12-19/h3-8,10,12-13,15-16H,9,11,14H2,1-2H3,(H,28,33)(H,29,30,31). The average molecular weight is 546 g/mol. The van der Waals surface area contributed by atoms with E-state index in [9.17, 15) is 9.00 Å². The number of amides is 1. The number of nitrogens with zero attached hydrogens (tertiary/aromatic N) is 3. The maximum atomic E-state index is 12.1. The van der Waals surface area contributed by atoms with Crippen LogP contribution in [-0.2, 0) is 22.1 Å². The summed E-state index contributed by atoms with van der Waals surface area (Å²) in [6, 6.07) is 14.3. The number of aromatic nitrogens is 3. The highest BCUT2D eigenvalue weighted by atomic mass is 35.5. The van der Waals surface area contributed by atoms with Crippen molar-refractivity contribution in [2.75, 3.05) is 17.6 Å². The topological polar surface area (TPSA) is 98.1 Å². The van der Waals surface area contributed by atoms with Crippen LogP contribution >= 0.6 is 23.2 Å². The summed E-state index contributed by atoms with van der Waals surface area (Å²) in [5, 5.41) is 7.05. The number of hydrogen-bond donors (Lipinski definition) is 2. The van der Waals surface area contributed by atoms with E-state index in [0.29, 0.717) is 40.5 Å². The van der Waals surface area contributed by atoms with Crippen molar-refractivity contribution in [3.05, 3.63) is 71.1 Å². The first-order valence-corrected chi connectivity index (χ1v) is 13.4. The van der Waals surface area contributed by atoms with Crippen LogP contribution in [0.5, 0.6) is 11.5 Å². The maximum absolute atomic E-state index is 12.1. The van der Waals surface area contributed by atoms with Gasteiger partial charge in [-0.3, -0.25) is 9.00 Å². The quantitative estimate of drug-likeness (QED) is 0.271. The number of anilines is 2. The molecule has 0 bridgehead atoms. The highest BCUT2D eigenvalue weighted by Crippen LogP contribution is 2.34. The van der Waals surface area contributed by atoms with E-state index < -0.39 is 10.8 Å². The van der Waals surface area contributed by atoms with Gasteiger partial charge < -0.3 is 19.9 Å². The number of benzene rings is 2. The van der Waals surface area contributed by atoms with Gasteiger partial charge in [0.25, 0.3) is 0 Å². The Kier molecular flexibility index (Phi) is 8.45. The Bertz CT molecular complexity index is 1410. The van der Waals surface area contributed by atoms with Gasteiger partial charge in [0.15, 0.2) is 5.82 Å². The third-order valence-electron chi connectivity index (χ3n) is 5.24. The van der Waals surface area contributed by atoms with Gasteiger partial charge in [0, 0.05) is 46.0 Å². The summed E-state index contributed by atoms with van der Waals surface area (Å²) < 4.78 is 19.7. The first kappa shape index (κ1) is 25.9. The summed E-state index contributed by atoms with van der Waals surface area (Å²) in [6.07, 6.45) is 3.37. The van der Waals surface area contributed by atoms with E-state index in [-0.39, 0.29) is 16.9 Å². The van der Waals surface area contributed by atoms with Crippen LogP contribution in [0.3, 0.4) is 0 Å². The fraction of sp³-hybridized carbons (Fsp3) is 0.240. The summed E-state index contributed by atoms with van der Waals surface area (Å²) in [5.74, 6) is 1.44. The second-order valence-electron chi connectivity index (χ2n) is 8.22. The van der Waals surface area contributed by atoms with Crippen molar-refractivity contribution in [1.29, 1.82) is 0 Å². The number of halogens is 2. The smallest absolute Gasteiger partial charge is 0.232 e. The second-order valence-corrected chi connectivity index (χ2v) is 11.1. The van der Waals surface area contributed by atoms with E-state index in [4.69, 9.17) is 27.9 Å². The highest BCUT2D eigenvalue weighted by Gasteiger charge is 2.13. The molecular weight excluding hydrogens is 521 g/mol. The Labute approximate surface area is 221 Å². The molecule has 2 aromatic carbocycles. The van der Waals surface area contributed by atoms with E-state index >= 15 is 0 Å². The highest BCUT2D eigenvalue weighted by molar-refractivity contribution is 7.86. The molecule has 0 saturated carbocycles. The van der Waals surface area contributed by atoms with Gasteiger partial charge in [-0.05, 0) is 42.5 Å². The van der Waals surface area contributed by atoms with Crippen LogP contribution in [0.25, 0.3) is 11.0 Å². The molecule has 2 aromatic heterocycles. The van der Waals surface area contributed by atoms with Crippen molar-refractivity contribution >= 4 is 62.4 Å². The van der Waals surface area contributed by atoms with Crippen molar-refractivity contribution in [2.24, 2.45) is 0 Å². The van der Waals surface area contributed by atoms with Crippen LogP contribution < -0.4 is 15.4 Å². The summed E-state index contributed by atoms with van der Waals surface area (Å²) in [5.41, 5.74) is 2.26. The largest absolute Gasteiger partial charge is 0.456 e. The van der Waals surface area contributed by atoms with Gasteiger partial charge in [-0.2, -0.15) is 0 Å². The Morgan fingerprint density at radius 1 is 1.14 bits per heavy atom. The third-order valence-corrected chi connectivity index (χ3v) is 7.37. The number of rotatable bonds is 10. The normalized spacial score (nSPS) is 12.0. The van der Waals surface area contributed by atoms with Gasteiger partial charge in [-0.25, -0.2) is 9.97 Å². The first-order valence-electron chi connectivity index (χ1n) is 11.2. The van der Waals surface area contributed by atoms with E-state index in [2.05, 4.69) is 20.6 Å². The lowest BCUT2D eigenvalue weighted by molar-refractivity contribution is -0.118. The van der Waals surface area contributed by atoms with E-state index in [1.807, 2.05) is 36.7 Å². The van der Waals surface area contributed by atoms with Crippen molar-refractivity contribution in [1.82, 2.24) is 19.9 Å². The average Bonchev–Trinajstić information content (AvgIpc) is 3.25. The molecule has 0 saturated heterocycles. The van der Waals surface area contributed by atoms with Gasteiger partial charge in [-0.15, -0.1) is 0 Å². The maximum Gasteiger partial charge on any atom is 0.232 e. The van der Waals surface area contributed by atoms with Gasteiger partial charge in [0.1, 0.15) is 29.1 Å². The molecule has 0 fully saturated rings. The minimum atomic E-state index is -1.18. The van der Waals surface area contributed by atoms with E-state index in [0.717, 1.165) is 16.7 Å². The lowest BCUT2D eigenvalue weighted by Crippen LogP contribution is -2.32. The Balaban J connectivity index is 1.46. The number of fused-ring (bicyclic) bond motifs is 1. The molecule has 1 unspecified atom stereocenters. The van der Waals surface area contributed by atoms with Gasteiger partial charge >= 0.3 is 0 Å². The fourth-order valence-electron chi connectivity index (χ4n) is 3.43. The van der Waals surface area contributed by atoms with Crippen LogP contribution in [0.4, 0.5) is 11.5 Å². The molecule has 11 heteroatoms. The molecular formula is C25H25Cl2N5O3S. The lowest BCUT2D eigenvalue weighted by atomic mass is 10.3. The predicted molar refractivity (Wildman–Crippen MR) is 145 cm³/mol. The van der Waals surface area contributed by atoms with Crippen LogP contribution in [0.1, 0.15) is 13.8 Å². The summed E-state index contributed by atoms with van der Waals surface area (Å²) in [4.78, 5) is 20.8. The van der Waals surface area contributed by atoms with Crippen LogP contribution in [-0.4, -0.2) is 42.2 Å². The van der Waals surface area contributed by atoms with Crippen molar-refractivity contribution in [3.8, 4) is 11.5 Å². The predicted octanol–water partition coefficient (Wildman–Crippen LogP) is 5.55. The molecule has 188 valence electrons. The SMILES string of the molecule is CC(C)S(=O)CC(=O)NCCn1ccc2ncnc(Nc3ccc(Oc4cccc(Cl)c4)c(Cl)c3)c21. The summed E-state index contributed by atoms with van der Waals surface area (Å²) in [6.45, 7) is 4.54. The van der Waals surface area contributed by atoms with Crippen molar-refractivity contribution < 1.29 is 13.7 Å². The molecule has 1 atom stereocenters. The Morgan fingerprint density at radius 3 is 2.72 bits per heavy atom. The van der Waals surface area contributed by atoms with Crippen molar-refractivity contribution in [3.63, 3.8) is 0 Å². The van der Waals surface area contributed by atoms with E-state index in [1.165, 1.54) is 6.33 Å². The number of nitrogens with one attached hydrogen (secondary N) is 2. The zero-order valence-corrected chi connectivity index (χ0v) is 22.0. The molecule has 1 amide bonds. The molecule has 2 N–H and O–H groups in total. The molecule has 4 rings (SSSR count). The second kappa shape index (κ2) is 11.7. The number of carbonyl (C=O) groups excluding carboxylic acids is 1. The molecule has 0 radical (unpaired) electrons. The number of hydrogen-bond acceptors (Lipinski definition) is 6. The monoisotopic (exact) mass is 545 g/mol. The molecule has 2 heterocycles. The van der Waals surface area contributed by atoms with Crippen LogP contribution in [0, 0.1) is 0 Å². The van der Waals surface area contributed by atoms with Crippen LogP contribution in [0.15, 0.2) is 61.1 Å². The minimum absolute atomic E-state index is 0.00219. The van der Waals surface area contributed by atoms with E-state index in [1.54, 1.807) is 36.4 Å².